The van der Waals surface area contributed by atoms with Crippen LogP contribution in [0.25, 0.3) is 0 Å². The average molecular weight is 372 g/mol. The van der Waals surface area contributed by atoms with Crippen molar-refractivity contribution in [1.82, 2.24) is 0 Å². The van der Waals surface area contributed by atoms with Crippen LogP contribution in [0.15, 0.2) is 35.7 Å². The monoisotopic (exact) mass is 372 g/mol. The van der Waals surface area contributed by atoms with Crippen molar-refractivity contribution in [3.05, 3.63) is 50.4 Å². The quantitative estimate of drug-likeness (QED) is 0.814. The number of carbonyl (C=O) groups excluding carboxylic acids is 2. The average Bonchev–Trinajstić information content (AvgIpc) is 2.77. The van der Waals surface area contributed by atoms with Gasteiger partial charge in [0.15, 0.2) is 0 Å². The summed E-state index contributed by atoms with van der Waals surface area (Å²) >= 11 is 3.36. The lowest BCUT2D eigenvalue weighted by molar-refractivity contribution is 0.100. The standard InChI is InChI=1S/C12H9IN2O2S/c13-9-4-2-1-3-7(9)11(17)15-12-8(10(14)16)5-6-18-12/h1-6H,(H2,14,16)(H,15,17). The van der Waals surface area contributed by atoms with Crippen molar-refractivity contribution in [3.63, 3.8) is 0 Å². The molecule has 0 atom stereocenters. The number of rotatable bonds is 3. The number of amides is 2. The second-order valence-electron chi connectivity index (χ2n) is 3.46. The molecule has 1 aromatic carbocycles. The van der Waals surface area contributed by atoms with Gasteiger partial charge in [-0.1, -0.05) is 12.1 Å². The minimum absolute atomic E-state index is 0.245. The van der Waals surface area contributed by atoms with Crippen molar-refractivity contribution in [2.45, 2.75) is 0 Å². The van der Waals surface area contributed by atoms with Gasteiger partial charge in [0.25, 0.3) is 11.8 Å². The Balaban J connectivity index is 2.25. The summed E-state index contributed by atoms with van der Waals surface area (Å²) in [6, 6.07) is 8.82. The Labute approximate surface area is 121 Å². The molecule has 0 saturated heterocycles. The van der Waals surface area contributed by atoms with E-state index >= 15 is 0 Å². The van der Waals surface area contributed by atoms with E-state index in [4.69, 9.17) is 5.73 Å². The normalized spacial score (nSPS) is 10.1. The molecule has 1 aromatic heterocycles. The number of benzene rings is 1. The molecule has 2 aromatic rings. The van der Waals surface area contributed by atoms with E-state index in [1.165, 1.54) is 11.3 Å². The maximum absolute atomic E-state index is 12.0. The smallest absolute Gasteiger partial charge is 0.257 e. The van der Waals surface area contributed by atoms with Crippen LogP contribution in [-0.2, 0) is 0 Å². The zero-order valence-corrected chi connectivity index (χ0v) is 12.1. The molecule has 0 bridgehead atoms. The molecule has 0 saturated carbocycles. The molecule has 2 amide bonds. The van der Waals surface area contributed by atoms with E-state index in [1.807, 2.05) is 12.1 Å². The first-order valence-electron chi connectivity index (χ1n) is 5.03. The van der Waals surface area contributed by atoms with Gasteiger partial charge in [-0.05, 0) is 46.2 Å². The van der Waals surface area contributed by atoms with Crippen LogP contribution >= 0.6 is 33.9 Å². The highest BCUT2D eigenvalue weighted by Crippen LogP contribution is 2.24. The summed E-state index contributed by atoms with van der Waals surface area (Å²) in [4.78, 5) is 23.2. The topological polar surface area (TPSA) is 72.2 Å². The second kappa shape index (κ2) is 5.49. The van der Waals surface area contributed by atoms with Crippen molar-refractivity contribution in [1.29, 1.82) is 0 Å². The van der Waals surface area contributed by atoms with Crippen molar-refractivity contribution in [3.8, 4) is 0 Å². The van der Waals surface area contributed by atoms with Crippen LogP contribution in [0.1, 0.15) is 20.7 Å². The van der Waals surface area contributed by atoms with Gasteiger partial charge in [0.1, 0.15) is 5.00 Å². The summed E-state index contributed by atoms with van der Waals surface area (Å²) in [5.74, 6) is -0.792. The lowest BCUT2D eigenvalue weighted by atomic mass is 10.2. The minimum Gasteiger partial charge on any atom is -0.366 e. The lowest BCUT2D eigenvalue weighted by Crippen LogP contribution is -2.17. The first kappa shape index (κ1) is 13.0. The number of carbonyl (C=O) groups is 2. The Kier molecular flexibility index (Phi) is 3.97. The van der Waals surface area contributed by atoms with Gasteiger partial charge in [0.2, 0.25) is 0 Å². The molecule has 0 fully saturated rings. The van der Waals surface area contributed by atoms with Crippen molar-refractivity contribution < 1.29 is 9.59 Å². The van der Waals surface area contributed by atoms with Crippen LogP contribution in [0.4, 0.5) is 5.00 Å². The second-order valence-corrected chi connectivity index (χ2v) is 5.54. The summed E-state index contributed by atoms with van der Waals surface area (Å²) in [5.41, 5.74) is 6.12. The third-order valence-electron chi connectivity index (χ3n) is 2.28. The summed E-state index contributed by atoms with van der Waals surface area (Å²) in [7, 11) is 0. The van der Waals surface area contributed by atoms with Gasteiger partial charge in [-0.2, -0.15) is 0 Å². The molecule has 6 heteroatoms. The van der Waals surface area contributed by atoms with Crippen molar-refractivity contribution in [2.75, 3.05) is 5.32 Å². The highest BCUT2D eigenvalue weighted by atomic mass is 127. The number of nitrogens with two attached hydrogens (primary N) is 1. The van der Waals surface area contributed by atoms with E-state index in [2.05, 4.69) is 27.9 Å². The molecule has 2 rings (SSSR count). The van der Waals surface area contributed by atoms with Gasteiger partial charge < -0.3 is 11.1 Å². The van der Waals surface area contributed by atoms with Crippen LogP contribution in [0.2, 0.25) is 0 Å². The fourth-order valence-electron chi connectivity index (χ4n) is 1.42. The zero-order chi connectivity index (χ0) is 13.1. The third kappa shape index (κ3) is 2.70. The predicted octanol–water partition coefficient (Wildman–Crippen LogP) is 2.70. The molecule has 0 spiro atoms. The number of halogens is 1. The fourth-order valence-corrected chi connectivity index (χ4v) is 2.84. The molecule has 0 radical (unpaired) electrons. The van der Waals surface area contributed by atoms with Gasteiger partial charge in [-0.15, -0.1) is 11.3 Å². The van der Waals surface area contributed by atoms with Gasteiger partial charge in [0.05, 0.1) is 11.1 Å². The molecule has 3 N–H and O–H groups in total. The van der Waals surface area contributed by atoms with Crippen LogP contribution in [-0.4, -0.2) is 11.8 Å². The number of hydrogen-bond donors (Lipinski definition) is 2. The maximum atomic E-state index is 12.0. The van der Waals surface area contributed by atoms with E-state index in [1.54, 1.807) is 23.6 Å². The van der Waals surface area contributed by atoms with E-state index < -0.39 is 5.91 Å². The fraction of sp³-hybridized carbons (Fsp3) is 0. The van der Waals surface area contributed by atoms with E-state index in [0.29, 0.717) is 16.1 Å². The molecule has 1 heterocycles. The summed E-state index contributed by atoms with van der Waals surface area (Å²) in [6.07, 6.45) is 0. The van der Waals surface area contributed by atoms with E-state index in [9.17, 15) is 9.59 Å². The number of hydrogen-bond acceptors (Lipinski definition) is 3. The van der Waals surface area contributed by atoms with Gasteiger partial charge >= 0.3 is 0 Å². The molecule has 0 aliphatic heterocycles. The first-order valence-corrected chi connectivity index (χ1v) is 6.98. The highest BCUT2D eigenvalue weighted by Gasteiger charge is 2.14. The van der Waals surface area contributed by atoms with Crippen LogP contribution in [0, 0.1) is 3.57 Å². The molecular formula is C12H9IN2O2S. The summed E-state index contributed by atoms with van der Waals surface area (Å²) in [5, 5.41) is 4.90. The summed E-state index contributed by atoms with van der Waals surface area (Å²) < 4.78 is 0.852. The predicted molar refractivity (Wildman–Crippen MR) is 79.9 cm³/mol. The molecular weight excluding hydrogens is 363 g/mol. The summed E-state index contributed by atoms with van der Waals surface area (Å²) in [6.45, 7) is 0. The molecule has 0 aliphatic rings. The largest absolute Gasteiger partial charge is 0.366 e. The van der Waals surface area contributed by atoms with Gasteiger partial charge in [-0.3, -0.25) is 9.59 Å². The third-order valence-corrected chi connectivity index (χ3v) is 4.05. The van der Waals surface area contributed by atoms with Crippen LogP contribution < -0.4 is 11.1 Å². The van der Waals surface area contributed by atoms with Crippen LogP contribution in [0.3, 0.4) is 0 Å². The Hall–Kier alpha value is -1.41. The first-order chi connectivity index (χ1) is 8.59. The number of thiophene rings is 1. The Morgan fingerprint density at radius 2 is 1.89 bits per heavy atom. The zero-order valence-electron chi connectivity index (χ0n) is 9.14. The molecule has 4 nitrogen and oxygen atoms in total. The highest BCUT2D eigenvalue weighted by molar-refractivity contribution is 14.1. The Morgan fingerprint density at radius 1 is 1.17 bits per heavy atom. The Morgan fingerprint density at radius 3 is 2.56 bits per heavy atom. The SMILES string of the molecule is NC(=O)c1ccsc1NC(=O)c1ccccc1I. The van der Waals surface area contributed by atoms with Crippen molar-refractivity contribution in [2.24, 2.45) is 5.73 Å². The van der Waals surface area contributed by atoms with E-state index in [0.717, 1.165) is 3.57 Å². The van der Waals surface area contributed by atoms with E-state index in [-0.39, 0.29) is 5.91 Å². The molecule has 18 heavy (non-hydrogen) atoms. The number of anilines is 1. The molecule has 0 aliphatic carbocycles. The number of primary amides is 1. The maximum Gasteiger partial charge on any atom is 0.257 e. The lowest BCUT2D eigenvalue weighted by Gasteiger charge is -2.06. The molecule has 92 valence electrons. The van der Waals surface area contributed by atoms with Crippen LogP contribution in [0.5, 0.6) is 0 Å². The van der Waals surface area contributed by atoms with Crippen molar-refractivity contribution >= 4 is 50.7 Å². The number of nitrogens with one attached hydrogen (secondary N) is 1. The van der Waals surface area contributed by atoms with Gasteiger partial charge in [0, 0.05) is 3.57 Å². The Bertz CT molecular complexity index is 610. The minimum atomic E-state index is -0.547. The van der Waals surface area contributed by atoms with Gasteiger partial charge in [-0.25, -0.2) is 0 Å². The molecule has 0 unspecified atom stereocenters.